The summed E-state index contributed by atoms with van der Waals surface area (Å²) in [6.07, 6.45) is 7.31. The standard InChI is InChI=1S/C20H21N3O2S/c1-2-15-5-7-17(8-6-15)26(24,25)23-12-9-16(10-13-23)18-14-22-19-4-3-11-21-20(18)19/h3-9,11,14,22H,2,10,12-13H2,1H3. The van der Waals surface area contributed by atoms with Gasteiger partial charge in [-0.3, -0.25) is 4.98 Å². The van der Waals surface area contributed by atoms with E-state index in [1.807, 2.05) is 36.5 Å². The molecule has 0 bridgehead atoms. The van der Waals surface area contributed by atoms with Crippen molar-refractivity contribution < 1.29 is 8.42 Å². The maximum Gasteiger partial charge on any atom is 0.243 e. The van der Waals surface area contributed by atoms with Crippen LogP contribution in [0.2, 0.25) is 0 Å². The van der Waals surface area contributed by atoms with Crippen LogP contribution in [0.3, 0.4) is 0 Å². The molecule has 3 heterocycles. The van der Waals surface area contributed by atoms with E-state index in [1.54, 1.807) is 22.6 Å². The smallest absolute Gasteiger partial charge is 0.243 e. The van der Waals surface area contributed by atoms with Crippen LogP contribution in [-0.4, -0.2) is 35.8 Å². The van der Waals surface area contributed by atoms with Gasteiger partial charge in [0.2, 0.25) is 10.0 Å². The molecule has 0 unspecified atom stereocenters. The Kier molecular flexibility index (Phi) is 4.38. The third-order valence-corrected chi connectivity index (χ3v) is 6.80. The molecule has 3 aromatic rings. The highest BCUT2D eigenvalue weighted by molar-refractivity contribution is 7.89. The lowest BCUT2D eigenvalue weighted by Crippen LogP contribution is -2.34. The van der Waals surface area contributed by atoms with Crippen LogP contribution in [0.4, 0.5) is 0 Å². The van der Waals surface area contributed by atoms with E-state index < -0.39 is 10.0 Å². The summed E-state index contributed by atoms with van der Waals surface area (Å²) >= 11 is 0. The van der Waals surface area contributed by atoms with E-state index in [0.717, 1.165) is 34.2 Å². The lowest BCUT2D eigenvalue weighted by molar-refractivity contribution is 0.441. The van der Waals surface area contributed by atoms with Crippen molar-refractivity contribution in [2.75, 3.05) is 13.1 Å². The summed E-state index contributed by atoms with van der Waals surface area (Å²) < 4.78 is 27.3. The molecule has 1 aliphatic heterocycles. The van der Waals surface area contributed by atoms with Crippen molar-refractivity contribution in [2.45, 2.75) is 24.7 Å². The Labute approximate surface area is 153 Å². The lowest BCUT2D eigenvalue weighted by atomic mass is 10.0. The Morgan fingerprint density at radius 2 is 2.00 bits per heavy atom. The highest BCUT2D eigenvalue weighted by Gasteiger charge is 2.27. The molecule has 4 rings (SSSR count). The van der Waals surface area contributed by atoms with Crippen LogP contribution in [0.15, 0.2) is 59.8 Å². The first kappa shape index (κ1) is 17.0. The topological polar surface area (TPSA) is 66.1 Å². The van der Waals surface area contributed by atoms with Crippen molar-refractivity contribution >= 4 is 26.6 Å². The molecule has 6 heteroatoms. The minimum absolute atomic E-state index is 0.361. The zero-order valence-corrected chi connectivity index (χ0v) is 15.5. The quantitative estimate of drug-likeness (QED) is 0.766. The van der Waals surface area contributed by atoms with Gasteiger partial charge in [-0.15, -0.1) is 0 Å². The third kappa shape index (κ3) is 2.95. The second kappa shape index (κ2) is 6.70. The number of nitrogens with one attached hydrogen (secondary N) is 1. The van der Waals surface area contributed by atoms with E-state index in [2.05, 4.69) is 16.9 Å². The van der Waals surface area contributed by atoms with Crippen molar-refractivity contribution in [1.82, 2.24) is 14.3 Å². The Hall–Kier alpha value is -2.44. The first-order valence-corrected chi connectivity index (χ1v) is 10.2. The van der Waals surface area contributed by atoms with E-state index in [4.69, 9.17) is 0 Å². The fourth-order valence-corrected chi connectivity index (χ4v) is 4.74. The summed E-state index contributed by atoms with van der Waals surface area (Å²) in [5.74, 6) is 0. The van der Waals surface area contributed by atoms with Gasteiger partial charge in [0.05, 0.1) is 15.9 Å². The van der Waals surface area contributed by atoms with Crippen molar-refractivity contribution in [3.8, 4) is 0 Å². The van der Waals surface area contributed by atoms with Crippen LogP contribution < -0.4 is 0 Å². The zero-order valence-electron chi connectivity index (χ0n) is 14.6. The molecule has 5 nitrogen and oxygen atoms in total. The number of rotatable bonds is 4. The van der Waals surface area contributed by atoms with Gasteiger partial charge >= 0.3 is 0 Å². The lowest BCUT2D eigenvalue weighted by Gasteiger charge is -2.25. The molecule has 1 aromatic carbocycles. The van der Waals surface area contributed by atoms with Crippen LogP contribution in [0.1, 0.15) is 24.5 Å². The molecular weight excluding hydrogens is 346 g/mol. The first-order valence-electron chi connectivity index (χ1n) is 8.80. The number of pyridine rings is 1. The monoisotopic (exact) mass is 367 g/mol. The number of fused-ring (bicyclic) bond motifs is 1. The van der Waals surface area contributed by atoms with Gasteiger partial charge in [0.1, 0.15) is 0 Å². The Balaban J connectivity index is 1.58. The first-order chi connectivity index (χ1) is 12.6. The van der Waals surface area contributed by atoms with E-state index in [9.17, 15) is 8.42 Å². The number of nitrogens with zero attached hydrogens (tertiary/aromatic N) is 2. The van der Waals surface area contributed by atoms with Crippen LogP contribution in [0, 0.1) is 0 Å². The maximum absolute atomic E-state index is 12.9. The second-order valence-electron chi connectivity index (χ2n) is 6.44. The van der Waals surface area contributed by atoms with Crippen molar-refractivity contribution in [2.24, 2.45) is 0 Å². The summed E-state index contributed by atoms with van der Waals surface area (Å²) in [5, 5.41) is 0. The Morgan fingerprint density at radius 3 is 2.69 bits per heavy atom. The molecule has 0 saturated carbocycles. The molecule has 26 heavy (non-hydrogen) atoms. The highest BCUT2D eigenvalue weighted by Crippen LogP contribution is 2.29. The fraction of sp³-hybridized carbons (Fsp3) is 0.250. The van der Waals surface area contributed by atoms with Crippen LogP contribution in [0.25, 0.3) is 16.6 Å². The molecule has 0 amide bonds. The van der Waals surface area contributed by atoms with Gasteiger partial charge in [-0.1, -0.05) is 25.1 Å². The fourth-order valence-electron chi connectivity index (χ4n) is 3.36. The van der Waals surface area contributed by atoms with Gasteiger partial charge < -0.3 is 4.98 Å². The predicted octanol–water partition coefficient (Wildman–Crippen LogP) is 3.60. The average molecular weight is 367 g/mol. The highest BCUT2D eigenvalue weighted by atomic mass is 32.2. The maximum atomic E-state index is 12.9. The number of aromatic amines is 1. The number of aryl methyl sites for hydroxylation is 1. The Morgan fingerprint density at radius 1 is 1.19 bits per heavy atom. The Bertz CT molecular complexity index is 1070. The van der Waals surface area contributed by atoms with Crippen LogP contribution in [-0.2, 0) is 16.4 Å². The number of aromatic nitrogens is 2. The summed E-state index contributed by atoms with van der Waals surface area (Å²) in [4.78, 5) is 8.03. The van der Waals surface area contributed by atoms with Gasteiger partial charge in [-0.05, 0) is 48.2 Å². The molecule has 1 N–H and O–H groups in total. The third-order valence-electron chi connectivity index (χ3n) is 4.92. The molecule has 0 aliphatic carbocycles. The summed E-state index contributed by atoms with van der Waals surface area (Å²) in [6.45, 7) is 2.91. The minimum atomic E-state index is -3.46. The molecule has 2 aromatic heterocycles. The van der Waals surface area contributed by atoms with E-state index in [0.29, 0.717) is 24.4 Å². The number of sulfonamides is 1. The molecule has 0 saturated heterocycles. The minimum Gasteiger partial charge on any atom is -0.359 e. The molecule has 0 radical (unpaired) electrons. The van der Waals surface area contributed by atoms with E-state index in [1.165, 1.54) is 0 Å². The van der Waals surface area contributed by atoms with Gasteiger partial charge in [-0.2, -0.15) is 4.31 Å². The number of H-pyrrole nitrogens is 1. The zero-order chi connectivity index (χ0) is 18.1. The molecule has 0 atom stereocenters. The normalized spacial score (nSPS) is 16.0. The number of benzene rings is 1. The van der Waals surface area contributed by atoms with Gasteiger partial charge in [0.15, 0.2) is 0 Å². The largest absolute Gasteiger partial charge is 0.359 e. The van der Waals surface area contributed by atoms with Crippen LogP contribution >= 0.6 is 0 Å². The van der Waals surface area contributed by atoms with Gasteiger partial charge in [0.25, 0.3) is 0 Å². The molecular formula is C20H21N3O2S. The predicted molar refractivity (Wildman–Crippen MR) is 103 cm³/mol. The molecule has 0 spiro atoms. The SMILES string of the molecule is CCc1ccc(S(=O)(=O)N2CC=C(c3c[nH]c4cccnc34)CC2)cc1. The average Bonchev–Trinajstić information content (AvgIpc) is 3.12. The molecule has 1 aliphatic rings. The van der Waals surface area contributed by atoms with Crippen molar-refractivity contribution in [3.63, 3.8) is 0 Å². The second-order valence-corrected chi connectivity index (χ2v) is 8.38. The van der Waals surface area contributed by atoms with E-state index in [-0.39, 0.29) is 0 Å². The van der Waals surface area contributed by atoms with E-state index >= 15 is 0 Å². The number of hydrogen-bond acceptors (Lipinski definition) is 3. The molecule has 134 valence electrons. The van der Waals surface area contributed by atoms with Crippen molar-refractivity contribution in [3.05, 3.63) is 66.0 Å². The summed E-state index contributed by atoms with van der Waals surface area (Å²) in [5.41, 5.74) is 5.27. The summed E-state index contributed by atoms with van der Waals surface area (Å²) in [6, 6.07) is 11.1. The van der Waals surface area contributed by atoms with Gasteiger partial charge in [-0.25, -0.2) is 8.42 Å². The molecule has 0 fully saturated rings. The van der Waals surface area contributed by atoms with Gasteiger partial charge in [0, 0.05) is 31.0 Å². The number of hydrogen-bond donors (Lipinski definition) is 1. The van der Waals surface area contributed by atoms with Crippen LogP contribution in [0.5, 0.6) is 0 Å². The van der Waals surface area contributed by atoms with Crippen molar-refractivity contribution in [1.29, 1.82) is 0 Å². The summed E-state index contributed by atoms with van der Waals surface area (Å²) in [7, 11) is -3.46.